The molecule has 0 radical (unpaired) electrons. The van der Waals surface area contributed by atoms with Crippen molar-refractivity contribution < 1.29 is 19.2 Å². The van der Waals surface area contributed by atoms with Crippen LogP contribution < -0.4 is 4.74 Å². The van der Waals surface area contributed by atoms with Gasteiger partial charge in [0, 0.05) is 46.4 Å². The van der Waals surface area contributed by atoms with E-state index in [1.807, 2.05) is 35.0 Å². The number of nitro benzene ring substituents is 1. The van der Waals surface area contributed by atoms with Gasteiger partial charge in [0.15, 0.2) is 0 Å². The largest absolute Gasteiger partial charge is 0.492 e. The number of carbonyl (C=O) groups excluding carboxylic acids is 2. The van der Waals surface area contributed by atoms with Gasteiger partial charge in [-0.25, -0.2) is 0 Å². The number of halogens is 1. The van der Waals surface area contributed by atoms with Crippen LogP contribution in [-0.2, 0) is 11.3 Å². The molecule has 1 fully saturated rings. The third kappa shape index (κ3) is 5.37. The fraction of sp³-hybridized carbons (Fsp3) is 0.111. The second kappa shape index (κ2) is 10.5. The van der Waals surface area contributed by atoms with Crippen molar-refractivity contribution in [1.82, 2.24) is 9.47 Å². The number of nitrogens with zero attached hydrogens (tertiary/aromatic N) is 3. The highest BCUT2D eigenvalue weighted by atomic mass is 35.5. The van der Waals surface area contributed by atoms with Gasteiger partial charge in [-0.15, -0.1) is 0 Å². The van der Waals surface area contributed by atoms with Crippen LogP contribution in [0.2, 0.25) is 5.02 Å². The molecule has 0 aliphatic carbocycles. The second-order valence-electron chi connectivity index (χ2n) is 8.29. The third-order valence-electron chi connectivity index (χ3n) is 5.88. The summed E-state index contributed by atoms with van der Waals surface area (Å²) in [5, 5.41) is 12.1. The average molecular weight is 534 g/mol. The molecule has 10 heteroatoms. The summed E-state index contributed by atoms with van der Waals surface area (Å²) in [5.74, 6) is 0.245. The van der Waals surface area contributed by atoms with E-state index in [0.717, 1.165) is 33.8 Å². The lowest BCUT2D eigenvalue weighted by Crippen LogP contribution is -2.32. The summed E-state index contributed by atoms with van der Waals surface area (Å²) in [6, 6.07) is 21.0. The number of aromatic nitrogens is 1. The van der Waals surface area contributed by atoms with Crippen LogP contribution in [0.15, 0.2) is 83.9 Å². The van der Waals surface area contributed by atoms with Crippen LogP contribution in [0.5, 0.6) is 5.75 Å². The minimum atomic E-state index is -0.427. The van der Waals surface area contributed by atoms with Gasteiger partial charge in [0.05, 0.1) is 16.4 Å². The Labute approximate surface area is 221 Å². The summed E-state index contributed by atoms with van der Waals surface area (Å²) in [5.41, 5.74) is 2.69. The molecule has 1 aliphatic heterocycles. The van der Waals surface area contributed by atoms with Gasteiger partial charge in [-0.3, -0.25) is 24.6 Å². The van der Waals surface area contributed by atoms with Gasteiger partial charge in [-0.2, -0.15) is 0 Å². The minimum Gasteiger partial charge on any atom is -0.492 e. The van der Waals surface area contributed by atoms with Crippen LogP contribution in [-0.4, -0.2) is 38.7 Å². The smallest absolute Gasteiger partial charge is 0.293 e. The van der Waals surface area contributed by atoms with Crippen LogP contribution in [0, 0.1) is 10.1 Å². The Bertz CT molecular complexity index is 1530. The highest BCUT2D eigenvalue weighted by molar-refractivity contribution is 8.18. The van der Waals surface area contributed by atoms with Crippen molar-refractivity contribution in [2.24, 2.45) is 0 Å². The van der Waals surface area contributed by atoms with Crippen LogP contribution in [0.4, 0.5) is 10.5 Å². The highest BCUT2D eigenvalue weighted by Gasteiger charge is 2.35. The van der Waals surface area contributed by atoms with E-state index in [0.29, 0.717) is 22.2 Å². The number of rotatable bonds is 8. The number of ether oxygens (including phenoxy) is 1. The topological polar surface area (TPSA) is 94.7 Å². The number of thioether (sulfide) groups is 1. The molecule has 0 unspecified atom stereocenters. The van der Waals surface area contributed by atoms with E-state index in [2.05, 4.69) is 0 Å². The summed E-state index contributed by atoms with van der Waals surface area (Å²) in [6.45, 7) is 0.796. The summed E-state index contributed by atoms with van der Waals surface area (Å²) < 4.78 is 7.66. The number of non-ortho nitro benzene ring substituents is 1. The summed E-state index contributed by atoms with van der Waals surface area (Å²) in [4.78, 5) is 37.6. The normalized spacial score (nSPS) is 14.6. The average Bonchev–Trinajstić information content (AvgIpc) is 3.37. The molecule has 4 aromatic rings. The first-order valence-corrected chi connectivity index (χ1v) is 12.5. The predicted octanol–water partition coefficient (Wildman–Crippen LogP) is 6.37. The quantitative estimate of drug-likeness (QED) is 0.148. The summed E-state index contributed by atoms with van der Waals surface area (Å²) in [7, 11) is 0. The van der Waals surface area contributed by atoms with Crippen molar-refractivity contribution in [3.63, 3.8) is 0 Å². The van der Waals surface area contributed by atoms with Gasteiger partial charge >= 0.3 is 0 Å². The lowest BCUT2D eigenvalue weighted by molar-refractivity contribution is -0.384. The van der Waals surface area contributed by atoms with Gasteiger partial charge in [-0.1, -0.05) is 41.9 Å². The molecule has 0 saturated carbocycles. The van der Waals surface area contributed by atoms with E-state index < -0.39 is 4.92 Å². The van der Waals surface area contributed by atoms with Crippen LogP contribution in [0.3, 0.4) is 0 Å². The Kier molecular flexibility index (Phi) is 6.98. The first-order valence-electron chi connectivity index (χ1n) is 11.3. The van der Waals surface area contributed by atoms with Gasteiger partial charge in [0.2, 0.25) is 0 Å². The molecule has 8 nitrogen and oxygen atoms in total. The summed E-state index contributed by atoms with van der Waals surface area (Å²) in [6.07, 6.45) is 3.66. The lowest BCUT2D eigenvalue weighted by atomic mass is 10.1. The van der Waals surface area contributed by atoms with E-state index in [9.17, 15) is 19.7 Å². The van der Waals surface area contributed by atoms with Crippen molar-refractivity contribution in [3.8, 4) is 5.75 Å². The molecule has 0 N–H and O–H groups in total. The van der Waals surface area contributed by atoms with E-state index in [4.69, 9.17) is 16.3 Å². The molecule has 0 atom stereocenters. The zero-order valence-corrected chi connectivity index (χ0v) is 20.9. The molecular formula is C27H20ClN3O5S. The monoisotopic (exact) mass is 533 g/mol. The SMILES string of the molecule is O=C1S/C(=C\c2cn(Cc3ccc([N+](=O)[O-])cc3)c3ccccc23)C(=O)N1CCOc1ccc(Cl)cc1. The molecular weight excluding hydrogens is 514 g/mol. The zero-order chi connectivity index (χ0) is 25.9. The minimum absolute atomic E-state index is 0.0381. The molecule has 2 heterocycles. The van der Waals surface area contributed by atoms with Crippen LogP contribution >= 0.6 is 23.4 Å². The van der Waals surface area contributed by atoms with E-state index >= 15 is 0 Å². The highest BCUT2D eigenvalue weighted by Crippen LogP contribution is 2.34. The molecule has 0 spiro atoms. The number of imide groups is 1. The maximum atomic E-state index is 13.0. The second-order valence-corrected chi connectivity index (χ2v) is 9.72. The fourth-order valence-corrected chi connectivity index (χ4v) is 5.04. The Morgan fingerprint density at radius 1 is 1.00 bits per heavy atom. The number of benzene rings is 3. The first-order chi connectivity index (χ1) is 17.9. The Morgan fingerprint density at radius 3 is 2.46 bits per heavy atom. The molecule has 3 aromatic carbocycles. The van der Waals surface area contributed by atoms with Gasteiger partial charge in [0.25, 0.3) is 16.8 Å². The number of carbonyl (C=O) groups is 2. The molecule has 2 amide bonds. The van der Waals surface area contributed by atoms with Crippen molar-refractivity contribution in [1.29, 1.82) is 0 Å². The Morgan fingerprint density at radius 2 is 1.73 bits per heavy atom. The number of amides is 2. The van der Waals surface area contributed by atoms with Crippen molar-refractivity contribution in [2.45, 2.75) is 6.54 Å². The van der Waals surface area contributed by atoms with E-state index in [-0.39, 0.29) is 30.0 Å². The molecule has 1 saturated heterocycles. The standard InChI is InChI=1S/C27H20ClN3O5S/c28-20-7-11-22(12-8-20)36-14-13-30-26(32)25(37-27(30)33)15-19-17-29(24-4-2-1-3-23(19)24)16-18-5-9-21(10-6-18)31(34)35/h1-12,15,17H,13-14,16H2/b25-15-. The Balaban J connectivity index is 1.33. The maximum Gasteiger partial charge on any atom is 0.293 e. The number of fused-ring (bicyclic) bond motifs is 1. The third-order valence-corrected chi connectivity index (χ3v) is 7.04. The molecule has 1 aliphatic rings. The number of para-hydroxylation sites is 1. The van der Waals surface area contributed by atoms with Gasteiger partial charge < -0.3 is 9.30 Å². The number of hydrogen-bond acceptors (Lipinski definition) is 6. The number of nitro groups is 1. The molecule has 1 aromatic heterocycles. The van der Waals surface area contributed by atoms with Crippen LogP contribution in [0.25, 0.3) is 17.0 Å². The Hall–Kier alpha value is -4.08. The zero-order valence-electron chi connectivity index (χ0n) is 19.4. The van der Waals surface area contributed by atoms with Crippen LogP contribution in [0.1, 0.15) is 11.1 Å². The van der Waals surface area contributed by atoms with Crippen molar-refractivity contribution in [2.75, 3.05) is 13.2 Å². The molecule has 0 bridgehead atoms. The van der Waals surface area contributed by atoms with Gasteiger partial charge in [-0.05, 0) is 53.7 Å². The van der Waals surface area contributed by atoms with E-state index in [1.54, 1.807) is 42.5 Å². The predicted molar refractivity (Wildman–Crippen MR) is 144 cm³/mol. The number of hydrogen-bond donors (Lipinski definition) is 0. The van der Waals surface area contributed by atoms with Crippen molar-refractivity contribution in [3.05, 3.63) is 110 Å². The molecule has 186 valence electrons. The molecule has 5 rings (SSSR count). The fourth-order valence-electron chi connectivity index (χ4n) is 4.06. The van der Waals surface area contributed by atoms with Crippen molar-refractivity contribution >= 4 is 57.2 Å². The maximum absolute atomic E-state index is 13.0. The first kappa shape index (κ1) is 24.6. The molecule has 37 heavy (non-hydrogen) atoms. The summed E-state index contributed by atoms with van der Waals surface area (Å²) >= 11 is 6.78. The lowest BCUT2D eigenvalue weighted by Gasteiger charge is -2.13. The van der Waals surface area contributed by atoms with Gasteiger partial charge in [0.1, 0.15) is 12.4 Å². The van der Waals surface area contributed by atoms with E-state index in [1.165, 1.54) is 17.0 Å².